The van der Waals surface area contributed by atoms with Crippen LogP contribution in [-0.2, 0) is 17.0 Å². The Morgan fingerprint density at radius 2 is 0.957 bits per heavy atom. The van der Waals surface area contributed by atoms with Gasteiger partial charge in [0.05, 0.1) is 0 Å². The minimum absolute atomic E-state index is 0. The standard InChI is InChI=1S/2C5H5.C4H10N.C2H7Si.2CH3.2ClH.Ti/c2*1-2-4-5-3-1;1-4(2,3)5;1-3-2;;;;;/h2*1-5H;5H,1-3H3;3H,1-2H3;2*1H3;2*1H;/q3*-1;;2*-1;;;+2/p-2. The molecular weight excluding hydrogens is 377 g/mol. The zero-order valence-electron chi connectivity index (χ0n) is 15.6. The molecular formula is C18H33Cl2NSiTi-5. The molecule has 0 fully saturated rings. The first-order chi connectivity index (χ1) is 9.83. The maximum Gasteiger partial charge on any atom is -0.172 e. The van der Waals surface area contributed by atoms with Gasteiger partial charge in [-0.15, -0.1) is 5.54 Å². The van der Waals surface area contributed by atoms with Crippen LogP contribution in [0.15, 0.2) is 60.7 Å². The van der Waals surface area contributed by atoms with Crippen LogP contribution in [0.1, 0.15) is 20.8 Å². The zero-order valence-corrected chi connectivity index (χ0v) is 19.8. The number of nitrogens with one attached hydrogen (secondary N) is 1. The van der Waals surface area contributed by atoms with E-state index in [2.05, 4.69) is 13.1 Å². The second-order valence-electron chi connectivity index (χ2n) is 4.82. The van der Waals surface area contributed by atoms with Crippen molar-refractivity contribution in [1.29, 1.82) is 0 Å². The smallest absolute Gasteiger partial charge is 0.172 e. The average Bonchev–Trinajstić information content (AvgIpc) is 3.08. The number of rotatable bonds is 0. The van der Waals surface area contributed by atoms with Gasteiger partial charge in [-0.2, -0.15) is 36.4 Å². The predicted molar refractivity (Wildman–Crippen MR) is 112 cm³/mol. The molecule has 1 N–H and O–H groups in total. The molecule has 2 aromatic rings. The molecule has 2 rings (SSSR count). The van der Waals surface area contributed by atoms with Gasteiger partial charge in [0, 0.05) is 9.52 Å². The molecule has 0 spiro atoms. The van der Waals surface area contributed by atoms with Crippen LogP contribution in [0.25, 0.3) is 5.73 Å². The molecule has 0 aliphatic rings. The third kappa shape index (κ3) is 87.2. The van der Waals surface area contributed by atoms with E-state index in [9.17, 15) is 0 Å². The largest absolute Gasteiger partial charge is 0.214 e. The maximum absolute atomic E-state index is 6.94. The fourth-order valence-corrected chi connectivity index (χ4v) is 0.642. The minimum Gasteiger partial charge on any atom is -0.214 e. The molecule has 0 saturated heterocycles. The second-order valence-corrected chi connectivity index (χ2v) is 8.56. The third-order valence-corrected chi connectivity index (χ3v) is 1.11. The fraction of sp³-hybridized carbons (Fsp3) is 0.333. The van der Waals surface area contributed by atoms with Gasteiger partial charge in [-0.25, -0.2) is 24.3 Å². The summed E-state index contributed by atoms with van der Waals surface area (Å²) >= 11 is -0.556. The van der Waals surface area contributed by atoms with Crippen LogP contribution in [0.3, 0.4) is 0 Å². The number of hydrogen-bond acceptors (Lipinski definition) is 0. The van der Waals surface area contributed by atoms with E-state index < -0.39 is 17.0 Å². The van der Waals surface area contributed by atoms with Gasteiger partial charge in [-0.3, -0.25) is 0 Å². The van der Waals surface area contributed by atoms with Crippen LogP contribution in [-0.4, -0.2) is 15.1 Å². The van der Waals surface area contributed by atoms with Gasteiger partial charge in [0.15, 0.2) is 0 Å². The van der Waals surface area contributed by atoms with Gasteiger partial charge in [-0.05, 0) is 0 Å². The fourth-order valence-electron chi connectivity index (χ4n) is 0.642. The van der Waals surface area contributed by atoms with Gasteiger partial charge in [0.1, 0.15) is 0 Å². The maximum atomic E-state index is 6.94. The van der Waals surface area contributed by atoms with E-state index in [0.717, 1.165) is 9.52 Å². The van der Waals surface area contributed by atoms with E-state index in [1.54, 1.807) is 0 Å². The summed E-state index contributed by atoms with van der Waals surface area (Å²) in [6, 6.07) is 20.0. The first kappa shape index (κ1) is 34.5. The van der Waals surface area contributed by atoms with Gasteiger partial charge in [0.2, 0.25) is 0 Å². The monoisotopic (exact) mass is 409 g/mol. The molecule has 0 aromatic heterocycles. The van der Waals surface area contributed by atoms with Crippen molar-refractivity contribution >= 4 is 28.1 Å². The van der Waals surface area contributed by atoms with Crippen LogP contribution >= 0.6 is 18.6 Å². The quantitative estimate of drug-likeness (QED) is 0.318. The Morgan fingerprint density at radius 1 is 0.826 bits per heavy atom. The summed E-state index contributed by atoms with van der Waals surface area (Å²) in [7, 11) is 10.5. The van der Waals surface area contributed by atoms with Crippen molar-refractivity contribution in [2.75, 3.05) is 0 Å². The summed E-state index contributed by atoms with van der Waals surface area (Å²) in [5.74, 6) is 0. The van der Waals surface area contributed by atoms with Gasteiger partial charge in [-0.1, -0.05) is 33.9 Å². The molecule has 0 aliphatic carbocycles. The van der Waals surface area contributed by atoms with Crippen molar-refractivity contribution in [3.05, 3.63) is 81.3 Å². The molecule has 1 radical (unpaired) electrons. The van der Waals surface area contributed by atoms with Crippen molar-refractivity contribution in [2.24, 2.45) is 0 Å². The van der Waals surface area contributed by atoms with Crippen molar-refractivity contribution < 1.29 is 17.0 Å². The van der Waals surface area contributed by atoms with Crippen LogP contribution < -0.4 is 0 Å². The minimum atomic E-state index is -0.556. The van der Waals surface area contributed by atoms with Crippen LogP contribution in [0.4, 0.5) is 0 Å². The Kier molecular flexibility index (Phi) is 45.1. The van der Waals surface area contributed by atoms with E-state index >= 15 is 0 Å². The topological polar surface area (TPSA) is 23.8 Å². The Hall–Kier alpha value is 0.171. The molecule has 137 valence electrons. The summed E-state index contributed by atoms with van der Waals surface area (Å²) < 4.78 is 0. The van der Waals surface area contributed by atoms with E-state index in [1.807, 2.05) is 81.4 Å². The van der Waals surface area contributed by atoms with Gasteiger partial charge < -0.3 is 20.6 Å². The SMILES string of the molecule is CC(C)(C)[NH-].C[SiH]C.[CH3-].[CH3-].[Cl][Ti][Cl].c1cc[cH-]c1.c1cc[cH-]c1. The first-order valence-corrected chi connectivity index (χ1v) is 13.2. The zero-order chi connectivity index (χ0) is 17.0. The molecule has 0 saturated carbocycles. The summed E-state index contributed by atoms with van der Waals surface area (Å²) in [6.45, 7) is 9.98. The van der Waals surface area contributed by atoms with Crippen molar-refractivity contribution in [2.45, 2.75) is 39.4 Å². The predicted octanol–water partition coefficient (Wildman–Crippen LogP) is 7.44. The molecule has 0 atom stereocenters. The van der Waals surface area contributed by atoms with Crippen molar-refractivity contribution in [1.82, 2.24) is 0 Å². The molecule has 0 aliphatic heterocycles. The summed E-state index contributed by atoms with van der Waals surface area (Å²) in [6.07, 6.45) is 0. The summed E-state index contributed by atoms with van der Waals surface area (Å²) in [4.78, 5) is 0. The molecule has 2 aromatic carbocycles. The van der Waals surface area contributed by atoms with Gasteiger partial charge >= 0.3 is 35.6 Å². The number of halogens is 2. The van der Waals surface area contributed by atoms with Gasteiger partial charge in [0.25, 0.3) is 0 Å². The molecule has 23 heavy (non-hydrogen) atoms. The molecule has 0 heterocycles. The summed E-state index contributed by atoms with van der Waals surface area (Å²) in [5, 5.41) is 0. The Bertz CT molecular complexity index is 250. The molecule has 1 nitrogen and oxygen atoms in total. The Morgan fingerprint density at radius 3 is 1.00 bits per heavy atom. The summed E-state index contributed by atoms with van der Waals surface area (Å²) in [5.41, 5.74) is 6.69. The molecule has 0 bridgehead atoms. The number of hydrogen-bond donors (Lipinski definition) is 0. The van der Waals surface area contributed by atoms with Crippen molar-refractivity contribution in [3.8, 4) is 0 Å². The van der Waals surface area contributed by atoms with E-state index in [4.69, 9.17) is 24.3 Å². The molecule has 0 unspecified atom stereocenters. The average molecular weight is 410 g/mol. The van der Waals surface area contributed by atoms with Crippen molar-refractivity contribution in [3.63, 3.8) is 0 Å². The third-order valence-electron chi connectivity index (χ3n) is 1.11. The van der Waals surface area contributed by atoms with Crippen LogP contribution in [0.5, 0.6) is 0 Å². The van der Waals surface area contributed by atoms with Crippen LogP contribution in [0.2, 0.25) is 13.1 Å². The van der Waals surface area contributed by atoms with Crippen LogP contribution in [0, 0.1) is 14.9 Å². The molecule has 0 amide bonds. The molecule has 5 heteroatoms. The van der Waals surface area contributed by atoms with E-state index in [0.29, 0.717) is 0 Å². The van der Waals surface area contributed by atoms with E-state index in [1.165, 1.54) is 0 Å². The second kappa shape index (κ2) is 30.1. The Balaban J connectivity index is -0.0000000587. The van der Waals surface area contributed by atoms with E-state index in [-0.39, 0.29) is 20.4 Å². The first-order valence-electron chi connectivity index (χ1n) is 6.62. The Labute approximate surface area is 165 Å². The normalized spacial score (nSPS) is 7.48.